The smallest absolute Gasteiger partial charge is 0.417 e. The molecular formula is C21H15F3N2O5. The van der Waals surface area contributed by atoms with E-state index in [9.17, 15) is 27.6 Å². The van der Waals surface area contributed by atoms with Crippen molar-refractivity contribution in [3.63, 3.8) is 0 Å². The van der Waals surface area contributed by atoms with Gasteiger partial charge in [-0.3, -0.25) is 9.59 Å². The molecule has 2 heterocycles. The van der Waals surface area contributed by atoms with E-state index in [1.165, 1.54) is 6.07 Å². The van der Waals surface area contributed by atoms with Crippen LogP contribution >= 0.6 is 0 Å². The second kappa shape index (κ2) is 8.10. The van der Waals surface area contributed by atoms with Crippen molar-refractivity contribution >= 4 is 16.9 Å². The quantitative estimate of drug-likeness (QED) is 0.383. The average Bonchev–Trinajstić information content (AvgIpc) is 2.66. The Morgan fingerprint density at radius 3 is 2.58 bits per heavy atom. The molecule has 0 bridgehead atoms. The molecule has 0 unspecified atom stereocenters. The van der Waals surface area contributed by atoms with Crippen LogP contribution in [0.3, 0.4) is 0 Å². The molecule has 1 N–H and O–H groups in total. The Bertz CT molecular complexity index is 1350. The Morgan fingerprint density at radius 1 is 1.23 bits per heavy atom. The Morgan fingerprint density at radius 2 is 1.94 bits per heavy atom. The second-order valence-electron chi connectivity index (χ2n) is 6.78. The maximum Gasteiger partial charge on any atom is 0.417 e. The Labute approximate surface area is 172 Å². The lowest BCUT2D eigenvalue weighted by molar-refractivity contribution is -0.137. The summed E-state index contributed by atoms with van der Waals surface area (Å²) < 4.78 is 49.3. The lowest BCUT2D eigenvalue weighted by atomic mass is 9.99. The zero-order valence-corrected chi connectivity index (χ0v) is 16.3. The summed E-state index contributed by atoms with van der Waals surface area (Å²) in [6, 6.07) is 5.44. The lowest BCUT2D eigenvalue weighted by Gasteiger charge is -2.11. The molecule has 7 nitrogen and oxygen atoms in total. The first-order valence-electron chi connectivity index (χ1n) is 8.99. The van der Waals surface area contributed by atoms with Crippen LogP contribution in [0.1, 0.15) is 34.4 Å². The van der Waals surface area contributed by atoms with Crippen LogP contribution in [-0.4, -0.2) is 11.0 Å². The van der Waals surface area contributed by atoms with E-state index in [-0.39, 0.29) is 35.1 Å². The third-order valence-electron chi connectivity index (χ3n) is 4.75. The summed E-state index contributed by atoms with van der Waals surface area (Å²) >= 11 is 0. The number of benzene rings is 1. The summed E-state index contributed by atoms with van der Waals surface area (Å²) in [5.41, 5.74) is -1.65. The Balaban J connectivity index is 1.81. The van der Waals surface area contributed by atoms with Crippen LogP contribution in [0.2, 0.25) is 0 Å². The topological polar surface area (TPSA) is 113 Å². The number of carbonyl (C=O) groups excluding carboxylic acids is 1. The van der Waals surface area contributed by atoms with E-state index in [1.807, 2.05) is 6.07 Å². The van der Waals surface area contributed by atoms with Gasteiger partial charge in [-0.2, -0.15) is 18.4 Å². The number of aryl methyl sites for hydroxylation is 1. The maximum absolute atomic E-state index is 13.1. The Hall–Kier alpha value is -3.87. The summed E-state index contributed by atoms with van der Waals surface area (Å²) in [6.45, 7) is 3.24. The molecule has 160 valence electrons. The molecule has 0 fully saturated rings. The number of halogens is 3. The first-order valence-corrected chi connectivity index (χ1v) is 8.99. The van der Waals surface area contributed by atoms with Gasteiger partial charge in [-0.15, -0.1) is 0 Å². The highest BCUT2D eigenvalue weighted by atomic mass is 19.4. The molecule has 31 heavy (non-hydrogen) atoms. The van der Waals surface area contributed by atoms with Crippen LogP contribution in [-0.2, 0) is 17.4 Å². The molecule has 0 atom stereocenters. The van der Waals surface area contributed by atoms with Gasteiger partial charge in [0.1, 0.15) is 23.0 Å². The fraction of sp³-hybridized carbons (Fsp3) is 0.238. The molecule has 10 heteroatoms. The number of pyridine rings is 1. The first kappa shape index (κ1) is 21.8. The highest BCUT2D eigenvalue weighted by Gasteiger charge is 2.34. The highest BCUT2D eigenvalue weighted by molar-refractivity contribution is 5.83. The molecule has 0 amide bonds. The van der Waals surface area contributed by atoms with Crippen molar-refractivity contribution in [2.75, 3.05) is 0 Å². The van der Waals surface area contributed by atoms with Crippen molar-refractivity contribution in [1.29, 1.82) is 5.26 Å². The molecule has 0 aliphatic carbocycles. The molecule has 0 spiro atoms. The number of nitrogens with one attached hydrogen (secondary N) is 1. The zero-order valence-electron chi connectivity index (χ0n) is 16.3. The van der Waals surface area contributed by atoms with Gasteiger partial charge in [-0.25, -0.2) is 4.79 Å². The van der Waals surface area contributed by atoms with Gasteiger partial charge in [0.2, 0.25) is 0 Å². The molecule has 3 rings (SSSR count). The van der Waals surface area contributed by atoms with Crippen molar-refractivity contribution in [3.05, 3.63) is 73.0 Å². The minimum atomic E-state index is -4.75. The second-order valence-corrected chi connectivity index (χ2v) is 6.78. The summed E-state index contributed by atoms with van der Waals surface area (Å²) in [6.07, 6.45) is -4.70. The van der Waals surface area contributed by atoms with E-state index >= 15 is 0 Å². The number of carbonyl (C=O) groups is 1. The summed E-state index contributed by atoms with van der Waals surface area (Å²) in [5, 5.41) is 8.76. The van der Waals surface area contributed by atoms with Crippen LogP contribution in [0.5, 0.6) is 5.75 Å². The molecule has 0 aliphatic heterocycles. The fourth-order valence-electron chi connectivity index (χ4n) is 3.27. The fourth-order valence-corrected chi connectivity index (χ4v) is 3.27. The van der Waals surface area contributed by atoms with E-state index in [2.05, 4.69) is 4.98 Å². The molecule has 2 aromatic heterocycles. The normalized spacial score (nSPS) is 11.4. The zero-order chi connectivity index (χ0) is 22.9. The number of hydrogen-bond donors (Lipinski definition) is 1. The SMILES string of the molecule is Cc1[nH]c(=O)c(C#N)c(C)c1CCC(=O)Oc1ccc2c(C(F)(F)F)cc(=O)oc2c1. The van der Waals surface area contributed by atoms with E-state index in [4.69, 9.17) is 14.4 Å². The van der Waals surface area contributed by atoms with Gasteiger partial charge in [0.25, 0.3) is 5.56 Å². The van der Waals surface area contributed by atoms with Gasteiger partial charge in [-0.05, 0) is 43.5 Å². The number of aromatic nitrogens is 1. The Kier molecular flexibility index (Phi) is 5.71. The molecule has 3 aromatic rings. The van der Waals surface area contributed by atoms with Crippen LogP contribution in [0, 0.1) is 25.2 Å². The number of nitrogens with zero attached hydrogens (tertiary/aromatic N) is 1. The molecule has 0 saturated carbocycles. The van der Waals surface area contributed by atoms with Crippen molar-refractivity contribution in [1.82, 2.24) is 4.98 Å². The largest absolute Gasteiger partial charge is 0.426 e. The minimum absolute atomic E-state index is 0.0426. The molecular weight excluding hydrogens is 417 g/mol. The van der Waals surface area contributed by atoms with Crippen molar-refractivity contribution in [2.24, 2.45) is 0 Å². The van der Waals surface area contributed by atoms with Gasteiger partial charge >= 0.3 is 17.8 Å². The molecule has 1 aromatic carbocycles. The lowest BCUT2D eigenvalue weighted by Crippen LogP contribution is -2.18. The first-order chi connectivity index (χ1) is 14.5. The third kappa shape index (κ3) is 4.50. The summed E-state index contributed by atoms with van der Waals surface area (Å²) in [7, 11) is 0. The van der Waals surface area contributed by atoms with Crippen molar-refractivity contribution in [3.8, 4) is 11.8 Å². The van der Waals surface area contributed by atoms with E-state index in [0.717, 1.165) is 12.1 Å². The van der Waals surface area contributed by atoms with E-state index < -0.39 is 28.9 Å². The van der Waals surface area contributed by atoms with Crippen LogP contribution < -0.4 is 15.9 Å². The van der Waals surface area contributed by atoms with Crippen molar-refractivity contribution in [2.45, 2.75) is 32.9 Å². The number of ether oxygens (including phenoxy) is 1. The number of fused-ring (bicyclic) bond motifs is 1. The van der Waals surface area contributed by atoms with Gasteiger partial charge in [0.15, 0.2) is 0 Å². The predicted molar refractivity (Wildman–Crippen MR) is 103 cm³/mol. The van der Waals surface area contributed by atoms with E-state index in [1.54, 1.807) is 13.8 Å². The van der Waals surface area contributed by atoms with Crippen LogP contribution in [0.25, 0.3) is 11.0 Å². The van der Waals surface area contributed by atoms with Gasteiger partial charge in [0.05, 0.1) is 12.0 Å². The van der Waals surface area contributed by atoms with Crippen LogP contribution in [0.4, 0.5) is 13.2 Å². The molecule has 0 saturated heterocycles. The molecule has 0 radical (unpaired) electrons. The number of aromatic amines is 1. The number of hydrogen-bond acceptors (Lipinski definition) is 6. The summed E-state index contributed by atoms with van der Waals surface area (Å²) in [4.78, 5) is 38.0. The summed E-state index contributed by atoms with van der Waals surface area (Å²) in [5.74, 6) is -0.787. The number of H-pyrrole nitrogens is 1. The van der Waals surface area contributed by atoms with Crippen molar-refractivity contribution < 1.29 is 27.1 Å². The monoisotopic (exact) mass is 432 g/mol. The number of nitriles is 1. The average molecular weight is 432 g/mol. The van der Waals surface area contributed by atoms with Gasteiger partial charge in [-0.1, -0.05) is 0 Å². The van der Waals surface area contributed by atoms with Crippen LogP contribution in [0.15, 0.2) is 38.3 Å². The third-order valence-corrected chi connectivity index (χ3v) is 4.75. The number of rotatable bonds is 4. The van der Waals surface area contributed by atoms with Gasteiger partial charge < -0.3 is 14.1 Å². The highest BCUT2D eigenvalue weighted by Crippen LogP contribution is 2.34. The number of alkyl halides is 3. The van der Waals surface area contributed by atoms with E-state index in [0.29, 0.717) is 22.9 Å². The number of esters is 1. The standard InChI is InChI=1S/C21H15F3N2O5/c1-10-13(11(2)26-20(29)15(10)9-25)5-6-18(27)30-12-3-4-14-16(21(22,23)24)8-19(28)31-17(14)7-12/h3-4,7-8H,5-6H2,1-2H3,(H,26,29). The molecule has 0 aliphatic rings. The van der Waals surface area contributed by atoms with Gasteiger partial charge in [0, 0.05) is 23.2 Å². The minimum Gasteiger partial charge on any atom is -0.426 e. The maximum atomic E-state index is 13.1. The predicted octanol–water partition coefficient (Wildman–Crippen LogP) is 3.53.